The maximum absolute atomic E-state index is 11.1. The van der Waals surface area contributed by atoms with Gasteiger partial charge in [-0.05, 0) is 117 Å². The van der Waals surface area contributed by atoms with E-state index in [1.54, 1.807) is 0 Å². The topological polar surface area (TPSA) is 66.5 Å². The lowest BCUT2D eigenvalue weighted by molar-refractivity contribution is -0.127. The van der Waals surface area contributed by atoms with Crippen molar-refractivity contribution in [2.24, 2.45) is 52.1 Å². The molecule has 0 aromatic heterocycles. The van der Waals surface area contributed by atoms with Gasteiger partial charge in [0.1, 0.15) is 0 Å². The van der Waals surface area contributed by atoms with Crippen LogP contribution in [-0.4, -0.2) is 29.0 Å². The smallest absolute Gasteiger partial charge is 0.0576 e. The number of rotatable bonds is 6. The van der Waals surface area contributed by atoms with Gasteiger partial charge in [0.25, 0.3) is 0 Å². The van der Waals surface area contributed by atoms with Gasteiger partial charge in [-0.3, -0.25) is 0 Å². The van der Waals surface area contributed by atoms with E-state index in [2.05, 4.69) is 20.8 Å². The van der Waals surface area contributed by atoms with Gasteiger partial charge >= 0.3 is 0 Å². The molecule has 10 atom stereocenters. The summed E-state index contributed by atoms with van der Waals surface area (Å²) in [5.41, 5.74) is 6.56. The molecule has 4 aliphatic rings. The quantitative estimate of drug-likeness (QED) is 0.537. The SMILES string of the molecule is CC(CN)CCCCC1[C@@H](O)CC2C3CCC4CC(O)CCC4(C)C3CCC21C. The first-order chi connectivity index (χ1) is 13.8. The van der Waals surface area contributed by atoms with Crippen LogP contribution in [0.5, 0.6) is 0 Å². The van der Waals surface area contributed by atoms with Crippen molar-refractivity contribution < 1.29 is 10.2 Å². The van der Waals surface area contributed by atoms with E-state index in [9.17, 15) is 10.2 Å². The van der Waals surface area contributed by atoms with E-state index in [1.807, 2.05) is 0 Å². The molecule has 0 aromatic rings. The number of unbranched alkanes of at least 4 members (excludes halogenated alkanes) is 1. The molecule has 0 heterocycles. The zero-order valence-electron chi connectivity index (χ0n) is 19.3. The van der Waals surface area contributed by atoms with E-state index in [-0.39, 0.29) is 12.2 Å². The van der Waals surface area contributed by atoms with Crippen molar-refractivity contribution in [1.82, 2.24) is 0 Å². The van der Waals surface area contributed by atoms with Crippen molar-refractivity contribution in [1.29, 1.82) is 0 Å². The third-order valence-corrected chi connectivity index (χ3v) is 10.7. The van der Waals surface area contributed by atoms with Crippen LogP contribution >= 0.6 is 0 Å². The normalized spacial score (nSPS) is 50.5. The minimum Gasteiger partial charge on any atom is -0.393 e. The number of aliphatic hydroxyl groups is 2. The number of fused-ring (bicyclic) bond motifs is 5. The molecule has 0 aromatic carbocycles. The molecule has 0 aliphatic heterocycles. The first-order valence-electron chi connectivity index (χ1n) is 12.9. The van der Waals surface area contributed by atoms with Crippen LogP contribution in [0.25, 0.3) is 0 Å². The van der Waals surface area contributed by atoms with Crippen molar-refractivity contribution in [3.8, 4) is 0 Å². The minimum absolute atomic E-state index is 0.0573. The van der Waals surface area contributed by atoms with Crippen molar-refractivity contribution in [3.63, 3.8) is 0 Å². The fraction of sp³-hybridized carbons (Fsp3) is 1.00. The van der Waals surface area contributed by atoms with Gasteiger partial charge in [0.2, 0.25) is 0 Å². The van der Waals surface area contributed by atoms with Crippen molar-refractivity contribution in [2.45, 2.75) is 110 Å². The summed E-state index contributed by atoms with van der Waals surface area (Å²) in [6, 6.07) is 0. The van der Waals surface area contributed by atoms with E-state index >= 15 is 0 Å². The summed E-state index contributed by atoms with van der Waals surface area (Å²) in [4.78, 5) is 0. The summed E-state index contributed by atoms with van der Waals surface area (Å²) in [6.45, 7) is 8.15. The lowest BCUT2D eigenvalue weighted by atomic mass is 9.44. The van der Waals surface area contributed by atoms with Crippen LogP contribution in [-0.2, 0) is 0 Å². The Bertz CT molecular complexity index is 567. The molecular formula is C26H47NO2. The Hall–Kier alpha value is -0.120. The first kappa shape index (κ1) is 22.1. The van der Waals surface area contributed by atoms with Crippen LogP contribution in [0.2, 0.25) is 0 Å². The highest BCUT2D eigenvalue weighted by Gasteiger charge is 2.61. The maximum Gasteiger partial charge on any atom is 0.0576 e. The van der Waals surface area contributed by atoms with Crippen LogP contribution in [0.15, 0.2) is 0 Å². The second kappa shape index (κ2) is 8.43. The molecule has 29 heavy (non-hydrogen) atoms. The van der Waals surface area contributed by atoms with Gasteiger partial charge in [-0.15, -0.1) is 0 Å². The van der Waals surface area contributed by atoms with Gasteiger partial charge in [-0.25, -0.2) is 0 Å². The predicted molar refractivity (Wildman–Crippen MR) is 119 cm³/mol. The zero-order valence-corrected chi connectivity index (χ0v) is 19.3. The number of nitrogens with two attached hydrogens (primary N) is 1. The average molecular weight is 406 g/mol. The van der Waals surface area contributed by atoms with E-state index in [0.717, 1.165) is 43.6 Å². The molecule has 0 saturated heterocycles. The summed E-state index contributed by atoms with van der Waals surface area (Å²) in [5.74, 6) is 4.20. The van der Waals surface area contributed by atoms with E-state index < -0.39 is 0 Å². The van der Waals surface area contributed by atoms with Crippen LogP contribution in [0.1, 0.15) is 97.8 Å². The summed E-state index contributed by atoms with van der Waals surface area (Å²) in [7, 11) is 0. The molecule has 0 amide bonds. The summed E-state index contributed by atoms with van der Waals surface area (Å²) in [5, 5.41) is 21.3. The molecule has 0 bridgehead atoms. The predicted octanol–water partition coefficient (Wildman–Crippen LogP) is 5.13. The summed E-state index contributed by atoms with van der Waals surface area (Å²) >= 11 is 0. The number of aliphatic hydroxyl groups excluding tert-OH is 2. The molecule has 3 nitrogen and oxygen atoms in total. The number of hydrogen-bond donors (Lipinski definition) is 3. The molecular weight excluding hydrogens is 358 g/mol. The first-order valence-corrected chi connectivity index (χ1v) is 12.9. The highest BCUT2D eigenvalue weighted by molar-refractivity contribution is 5.10. The van der Waals surface area contributed by atoms with Crippen LogP contribution in [0, 0.1) is 46.3 Å². The van der Waals surface area contributed by atoms with Gasteiger partial charge < -0.3 is 15.9 Å². The molecule has 3 heteroatoms. The molecule has 0 radical (unpaired) electrons. The largest absolute Gasteiger partial charge is 0.393 e. The second-order valence-corrected chi connectivity index (χ2v) is 12.2. The Labute approximate surface area is 179 Å². The van der Waals surface area contributed by atoms with Crippen LogP contribution in [0.3, 0.4) is 0 Å². The van der Waals surface area contributed by atoms with Crippen molar-refractivity contribution in [3.05, 3.63) is 0 Å². The second-order valence-electron chi connectivity index (χ2n) is 12.2. The molecule has 168 valence electrons. The molecule has 4 saturated carbocycles. The molecule has 4 aliphatic carbocycles. The highest BCUT2D eigenvalue weighted by atomic mass is 16.3. The van der Waals surface area contributed by atoms with Gasteiger partial charge in [0, 0.05) is 0 Å². The minimum atomic E-state index is -0.0885. The zero-order chi connectivity index (χ0) is 20.8. The maximum atomic E-state index is 11.1. The Morgan fingerprint density at radius 3 is 2.45 bits per heavy atom. The van der Waals surface area contributed by atoms with E-state index in [0.29, 0.717) is 28.6 Å². The fourth-order valence-electron chi connectivity index (χ4n) is 8.85. The Kier molecular flexibility index (Phi) is 6.42. The van der Waals surface area contributed by atoms with Gasteiger partial charge in [0.15, 0.2) is 0 Å². The van der Waals surface area contributed by atoms with E-state index in [4.69, 9.17) is 5.73 Å². The lowest BCUT2D eigenvalue weighted by Crippen LogP contribution is -2.53. The summed E-state index contributed by atoms with van der Waals surface area (Å²) < 4.78 is 0. The summed E-state index contributed by atoms with van der Waals surface area (Å²) in [6.07, 6.45) is 14.4. The molecule has 4 N–H and O–H groups in total. The fourth-order valence-corrected chi connectivity index (χ4v) is 8.85. The Balaban J connectivity index is 1.43. The Morgan fingerprint density at radius 2 is 1.69 bits per heavy atom. The molecule has 4 fully saturated rings. The van der Waals surface area contributed by atoms with Gasteiger partial charge in [-0.2, -0.15) is 0 Å². The Morgan fingerprint density at radius 1 is 0.931 bits per heavy atom. The molecule has 4 rings (SSSR count). The highest BCUT2D eigenvalue weighted by Crippen LogP contribution is 2.67. The molecule has 0 spiro atoms. The standard InChI is InChI=1S/C26H47NO2/c1-17(16-27)6-4-5-7-22-24(29)15-23-20-9-8-18-14-19(28)10-12-25(18,2)21(20)11-13-26(22,23)3/h17-24,28-29H,4-16,27H2,1-3H3/t17?,18?,19?,20?,21?,22?,23?,24-,25?,26?/m0/s1. The lowest BCUT2D eigenvalue weighted by Gasteiger charge is -2.61. The number of hydrogen-bond acceptors (Lipinski definition) is 3. The van der Waals surface area contributed by atoms with Gasteiger partial charge in [0.05, 0.1) is 12.2 Å². The van der Waals surface area contributed by atoms with Crippen molar-refractivity contribution in [2.75, 3.05) is 6.54 Å². The average Bonchev–Trinajstić information content (AvgIpc) is 2.95. The third-order valence-electron chi connectivity index (χ3n) is 10.7. The third kappa shape index (κ3) is 3.82. The monoisotopic (exact) mass is 405 g/mol. The van der Waals surface area contributed by atoms with Crippen LogP contribution < -0.4 is 5.73 Å². The molecule has 9 unspecified atom stereocenters. The van der Waals surface area contributed by atoms with E-state index in [1.165, 1.54) is 57.8 Å². The van der Waals surface area contributed by atoms with Gasteiger partial charge in [-0.1, -0.05) is 33.6 Å². The van der Waals surface area contributed by atoms with Crippen molar-refractivity contribution >= 4 is 0 Å². The van der Waals surface area contributed by atoms with Crippen LogP contribution in [0.4, 0.5) is 0 Å².